The van der Waals surface area contributed by atoms with Gasteiger partial charge in [-0.15, -0.1) is 0 Å². The standard InChI is InChI=1S/C9H12O4/c1-2-11-8(10)7-5-6-3-4-12-9(6)13-7/h5-6,9H,2-4H2,1H3/t6-,9-/m1/s1. The Bertz CT molecular complexity index is 246. The van der Waals surface area contributed by atoms with Gasteiger partial charge >= 0.3 is 5.97 Å². The van der Waals surface area contributed by atoms with E-state index in [1.165, 1.54) is 0 Å². The van der Waals surface area contributed by atoms with E-state index in [1.54, 1.807) is 13.0 Å². The summed E-state index contributed by atoms with van der Waals surface area (Å²) in [7, 11) is 0. The zero-order valence-corrected chi connectivity index (χ0v) is 7.49. The molecule has 0 N–H and O–H groups in total. The van der Waals surface area contributed by atoms with Crippen LogP contribution in [0.1, 0.15) is 13.3 Å². The van der Waals surface area contributed by atoms with Gasteiger partial charge in [-0.1, -0.05) is 0 Å². The zero-order valence-electron chi connectivity index (χ0n) is 7.49. The molecule has 4 nitrogen and oxygen atoms in total. The summed E-state index contributed by atoms with van der Waals surface area (Å²) < 4.78 is 15.3. The highest BCUT2D eigenvalue weighted by Gasteiger charge is 2.37. The van der Waals surface area contributed by atoms with Crippen LogP contribution in [0.25, 0.3) is 0 Å². The van der Waals surface area contributed by atoms with E-state index in [1.807, 2.05) is 0 Å². The molecule has 0 aromatic heterocycles. The Kier molecular flexibility index (Phi) is 2.22. The molecule has 1 fully saturated rings. The Labute approximate surface area is 76.5 Å². The van der Waals surface area contributed by atoms with E-state index in [0.29, 0.717) is 19.0 Å². The van der Waals surface area contributed by atoms with E-state index in [4.69, 9.17) is 14.2 Å². The van der Waals surface area contributed by atoms with Crippen LogP contribution in [0.4, 0.5) is 0 Å². The molecule has 4 heteroatoms. The second kappa shape index (κ2) is 3.38. The smallest absolute Gasteiger partial charge is 0.373 e. The number of fused-ring (bicyclic) bond motifs is 1. The van der Waals surface area contributed by atoms with Gasteiger partial charge < -0.3 is 14.2 Å². The first-order valence-electron chi connectivity index (χ1n) is 4.48. The Morgan fingerprint density at radius 1 is 1.77 bits per heavy atom. The molecule has 0 spiro atoms. The maximum atomic E-state index is 11.2. The van der Waals surface area contributed by atoms with Gasteiger partial charge in [-0.2, -0.15) is 0 Å². The van der Waals surface area contributed by atoms with Crippen LogP contribution in [0, 0.1) is 5.92 Å². The molecule has 2 rings (SSSR count). The van der Waals surface area contributed by atoms with Gasteiger partial charge in [0.1, 0.15) is 0 Å². The van der Waals surface area contributed by atoms with Gasteiger partial charge in [0.25, 0.3) is 0 Å². The lowest BCUT2D eigenvalue weighted by atomic mass is 10.1. The normalized spacial score (nSPS) is 30.7. The van der Waals surface area contributed by atoms with Crippen LogP contribution >= 0.6 is 0 Å². The molecule has 0 aromatic rings. The van der Waals surface area contributed by atoms with E-state index in [0.717, 1.165) is 6.42 Å². The lowest BCUT2D eigenvalue weighted by Gasteiger charge is -2.09. The van der Waals surface area contributed by atoms with Crippen molar-refractivity contribution in [2.45, 2.75) is 19.6 Å². The number of carbonyl (C=O) groups is 1. The highest BCUT2D eigenvalue weighted by Crippen LogP contribution is 2.32. The van der Waals surface area contributed by atoms with Gasteiger partial charge in [0, 0.05) is 5.92 Å². The average Bonchev–Trinajstić information content (AvgIpc) is 2.61. The molecule has 0 bridgehead atoms. The molecule has 1 saturated heterocycles. The summed E-state index contributed by atoms with van der Waals surface area (Å²) in [5, 5.41) is 0. The Balaban J connectivity index is 1.99. The second-order valence-corrected chi connectivity index (χ2v) is 3.06. The first-order chi connectivity index (χ1) is 6.31. The Hall–Kier alpha value is -1.03. The maximum Gasteiger partial charge on any atom is 0.373 e. The number of hydrogen-bond acceptors (Lipinski definition) is 4. The molecule has 0 amide bonds. The Morgan fingerprint density at radius 2 is 2.62 bits per heavy atom. The number of ether oxygens (including phenoxy) is 3. The van der Waals surface area contributed by atoms with Gasteiger partial charge in [0.05, 0.1) is 13.2 Å². The van der Waals surface area contributed by atoms with Crippen LogP contribution in [0.2, 0.25) is 0 Å². The average molecular weight is 184 g/mol. The monoisotopic (exact) mass is 184 g/mol. The summed E-state index contributed by atoms with van der Waals surface area (Å²) in [6.45, 7) is 2.85. The molecule has 0 unspecified atom stereocenters. The molecular weight excluding hydrogens is 172 g/mol. The molecule has 2 aliphatic heterocycles. The summed E-state index contributed by atoms with van der Waals surface area (Å²) in [6, 6.07) is 0. The van der Waals surface area contributed by atoms with Crippen molar-refractivity contribution in [3.8, 4) is 0 Å². The van der Waals surface area contributed by atoms with Crippen molar-refractivity contribution in [1.29, 1.82) is 0 Å². The fraction of sp³-hybridized carbons (Fsp3) is 0.667. The van der Waals surface area contributed by atoms with Crippen LogP contribution in [0.5, 0.6) is 0 Å². The van der Waals surface area contributed by atoms with Crippen molar-refractivity contribution in [3.05, 3.63) is 11.8 Å². The lowest BCUT2D eigenvalue weighted by Crippen LogP contribution is -2.14. The van der Waals surface area contributed by atoms with Crippen LogP contribution < -0.4 is 0 Å². The van der Waals surface area contributed by atoms with Gasteiger partial charge in [-0.05, 0) is 19.4 Å². The van der Waals surface area contributed by atoms with E-state index in [2.05, 4.69) is 0 Å². The summed E-state index contributed by atoms with van der Waals surface area (Å²) in [6.07, 6.45) is 2.47. The van der Waals surface area contributed by atoms with E-state index in [9.17, 15) is 4.79 Å². The topological polar surface area (TPSA) is 44.8 Å². The fourth-order valence-electron chi connectivity index (χ4n) is 1.54. The third kappa shape index (κ3) is 1.54. The number of esters is 1. The van der Waals surface area contributed by atoms with E-state index >= 15 is 0 Å². The summed E-state index contributed by atoms with van der Waals surface area (Å²) in [5.41, 5.74) is 0. The highest BCUT2D eigenvalue weighted by atomic mass is 16.7. The van der Waals surface area contributed by atoms with Crippen LogP contribution in [0.15, 0.2) is 11.8 Å². The maximum absolute atomic E-state index is 11.2. The van der Waals surface area contributed by atoms with E-state index in [-0.39, 0.29) is 18.2 Å². The first kappa shape index (κ1) is 8.56. The molecule has 72 valence electrons. The highest BCUT2D eigenvalue weighted by molar-refractivity contribution is 5.86. The third-order valence-corrected chi connectivity index (χ3v) is 2.17. The SMILES string of the molecule is CCOC(=O)C1=C[C@H]2CCO[C@@H]2O1. The second-order valence-electron chi connectivity index (χ2n) is 3.06. The first-order valence-corrected chi connectivity index (χ1v) is 4.48. The Morgan fingerprint density at radius 3 is 3.31 bits per heavy atom. The van der Waals surface area contributed by atoms with Gasteiger partial charge in [-0.25, -0.2) is 4.79 Å². The summed E-state index contributed by atoms with van der Waals surface area (Å²) >= 11 is 0. The van der Waals surface area contributed by atoms with Crippen LogP contribution in [0.3, 0.4) is 0 Å². The summed E-state index contributed by atoms with van der Waals surface area (Å²) in [5.74, 6) is 0.149. The van der Waals surface area contributed by atoms with Crippen molar-refractivity contribution in [1.82, 2.24) is 0 Å². The van der Waals surface area contributed by atoms with Gasteiger partial charge in [0.2, 0.25) is 12.0 Å². The van der Waals surface area contributed by atoms with Crippen molar-refractivity contribution in [2.24, 2.45) is 5.92 Å². The fourth-order valence-corrected chi connectivity index (χ4v) is 1.54. The molecular formula is C9H12O4. The minimum atomic E-state index is -0.388. The van der Waals surface area contributed by atoms with Crippen molar-refractivity contribution < 1.29 is 19.0 Å². The van der Waals surface area contributed by atoms with Crippen LogP contribution in [-0.4, -0.2) is 25.5 Å². The van der Waals surface area contributed by atoms with Crippen LogP contribution in [-0.2, 0) is 19.0 Å². The molecule has 2 aliphatic rings. The molecule has 0 saturated carbocycles. The molecule has 0 radical (unpaired) electrons. The molecule has 0 aromatic carbocycles. The molecule has 2 heterocycles. The van der Waals surface area contributed by atoms with Crippen molar-refractivity contribution in [2.75, 3.05) is 13.2 Å². The molecule has 2 atom stereocenters. The quantitative estimate of drug-likeness (QED) is 0.596. The van der Waals surface area contributed by atoms with Crippen molar-refractivity contribution >= 4 is 5.97 Å². The zero-order chi connectivity index (χ0) is 9.26. The van der Waals surface area contributed by atoms with Gasteiger partial charge in [-0.3, -0.25) is 0 Å². The molecule has 13 heavy (non-hydrogen) atoms. The largest absolute Gasteiger partial charge is 0.460 e. The lowest BCUT2D eigenvalue weighted by molar-refractivity contribution is -0.148. The number of carbonyl (C=O) groups excluding carboxylic acids is 1. The van der Waals surface area contributed by atoms with E-state index < -0.39 is 0 Å². The summed E-state index contributed by atoms with van der Waals surface area (Å²) in [4.78, 5) is 11.2. The minimum absolute atomic E-state index is 0.236. The van der Waals surface area contributed by atoms with Gasteiger partial charge in [0.15, 0.2) is 0 Å². The predicted octanol–water partition coefficient (Wildman–Crippen LogP) is 0.826. The number of rotatable bonds is 2. The number of hydrogen-bond donors (Lipinski definition) is 0. The third-order valence-electron chi connectivity index (χ3n) is 2.17. The molecule has 0 aliphatic carbocycles. The minimum Gasteiger partial charge on any atom is -0.460 e. The van der Waals surface area contributed by atoms with Crippen molar-refractivity contribution in [3.63, 3.8) is 0 Å². The predicted molar refractivity (Wildman–Crippen MR) is 43.6 cm³/mol.